The smallest absolute Gasteiger partial charge is 0.227 e. The van der Waals surface area contributed by atoms with E-state index in [-0.39, 0.29) is 47.8 Å². The number of sulfone groups is 1. The Kier molecular flexibility index (Phi) is 6.60. The molecule has 1 amide bonds. The lowest BCUT2D eigenvalue weighted by Gasteiger charge is -2.30. The number of halogens is 1. The minimum Gasteiger partial charge on any atom is -0.339 e. The molecular weight excluding hydrogens is 276 g/mol. The number of rotatable bonds is 4. The average Bonchev–Trinajstić information content (AvgIpc) is 2.58. The Morgan fingerprint density at radius 1 is 1.44 bits per heavy atom. The molecule has 1 fully saturated rings. The number of hydrogen-bond donors (Lipinski definition) is 1. The van der Waals surface area contributed by atoms with E-state index in [2.05, 4.69) is 0 Å². The van der Waals surface area contributed by atoms with Gasteiger partial charge in [0.2, 0.25) is 5.91 Å². The van der Waals surface area contributed by atoms with Crippen molar-refractivity contribution in [3.8, 4) is 0 Å². The molecule has 0 aromatic carbocycles. The quantitative estimate of drug-likeness (QED) is 0.816. The van der Waals surface area contributed by atoms with E-state index in [9.17, 15) is 13.2 Å². The van der Waals surface area contributed by atoms with Gasteiger partial charge in [0.15, 0.2) is 9.84 Å². The molecule has 0 aromatic heterocycles. The SMILES string of the molecule is CCN(C(=O)C(C)C(C)N)C1CCS(=O)(=O)C1.Cl. The van der Waals surface area contributed by atoms with Crippen LogP contribution in [0.15, 0.2) is 0 Å². The molecule has 0 aliphatic carbocycles. The molecule has 3 unspecified atom stereocenters. The van der Waals surface area contributed by atoms with Gasteiger partial charge in [-0.25, -0.2) is 8.42 Å². The van der Waals surface area contributed by atoms with Crippen molar-refractivity contribution in [1.29, 1.82) is 0 Å². The Morgan fingerprint density at radius 3 is 2.33 bits per heavy atom. The third kappa shape index (κ3) is 4.10. The van der Waals surface area contributed by atoms with E-state index in [1.165, 1.54) is 0 Å². The number of carbonyl (C=O) groups excluding carboxylic acids is 1. The summed E-state index contributed by atoms with van der Waals surface area (Å²) < 4.78 is 22.9. The number of nitrogens with two attached hydrogens (primary N) is 1. The van der Waals surface area contributed by atoms with Crippen molar-refractivity contribution in [3.63, 3.8) is 0 Å². The van der Waals surface area contributed by atoms with Crippen LogP contribution in [-0.4, -0.2) is 49.4 Å². The zero-order valence-electron chi connectivity index (χ0n) is 11.1. The molecule has 5 nitrogen and oxygen atoms in total. The van der Waals surface area contributed by atoms with E-state index in [4.69, 9.17) is 5.73 Å². The summed E-state index contributed by atoms with van der Waals surface area (Å²) in [6.45, 7) is 5.99. The second-order valence-electron chi connectivity index (χ2n) is 4.83. The maximum atomic E-state index is 12.2. The zero-order valence-corrected chi connectivity index (χ0v) is 12.8. The molecule has 2 N–H and O–H groups in total. The number of carbonyl (C=O) groups is 1. The van der Waals surface area contributed by atoms with E-state index in [0.717, 1.165) is 0 Å². The first-order chi connectivity index (χ1) is 7.78. The summed E-state index contributed by atoms with van der Waals surface area (Å²) in [5.41, 5.74) is 5.72. The van der Waals surface area contributed by atoms with Crippen LogP contribution in [0.2, 0.25) is 0 Å². The van der Waals surface area contributed by atoms with Crippen LogP contribution < -0.4 is 5.73 Å². The van der Waals surface area contributed by atoms with Crippen LogP contribution in [0, 0.1) is 5.92 Å². The Bertz CT molecular complexity index is 384. The van der Waals surface area contributed by atoms with Gasteiger partial charge in [-0.15, -0.1) is 12.4 Å². The van der Waals surface area contributed by atoms with Gasteiger partial charge >= 0.3 is 0 Å². The van der Waals surface area contributed by atoms with Crippen molar-refractivity contribution in [3.05, 3.63) is 0 Å². The normalized spacial score (nSPS) is 25.0. The van der Waals surface area contributed by atoms with Crippen LogP contribution in [0.4, 0.5) is 0 Å². The molecule has 1 aliphatic heterocycles. The van der Waals surface area contributed by atoms with Crippen LogP contribution in [0.1, 0.15) is 27.2 Å². The summed E-state index contributed by atoms with van der Waals surface area (Å²) in [7, 11) is -2.96. The second-order valence-corrected chi connectivity index (χ2v) is 7.06. The van der Waals surface area contributed by atoms with Crippen molar-refractivity contribution >= 4 is 28.2 Å². The lowest BCUT2D eigenvalue weighted by molar-refractivity contribution is -0.137. The summed E-state index contributed by atoms with van der Waals surface area (Å²) >= 11 is 0. The van der Waals surface area contributed by atoms with Crippen molar-refractivity contribution in [1.82, 2.24) is 4.90 Å². The fraction of sp³-hybridized carbons (Fsp3) is 0.909. The van der Waals surface area contributed by atoms with E-state index < -0.39 is 9.84 Å². The minimum absolute atomic E-state index is 0. The van der Waals surface area contributed by atoms with Crippen molar-refractivity contribution in [2.45, 2.75) is 39.3 Å². The van der Waals surface area contributed by atoms with Crippen molar-refractivity contribution < 1.29 is 13.2 Å². The third-order valence-corrected chi connectivity index (χ3v) is 5.20. The molecule has 1 heterocycles. The molecular formula is C11H23ClN2O3S. The molecule has 0 bridgehead atoms. The van der Waals surface area contributed by atoms with Gasteiger partial charge in [0.25, 0.3) is 0 Å². The summed E-state index contributed by atoms with van der Waals surface area (Å²) in [4.78, 5) is 13.8. The molecule has 3 atom stereocenters. The van der Waals surface area contributed by atoms with Gasteiger partial charge in [0.1, 0.15) is 0 Å². The standard InChI is InChI=1S/C11H22N2O3S.ClH/c1-4-13(11(14)8(2)9(3)12)10-5-6-17(15,16)7-10;/h8-10H,4-7,12H2,1-3H3;1H. The number of nitrogens with zero attached hydrogens (tertiary/aromatic N) is 1. The number of hydrogen-bond acceptors (Lipinski definition) is 4. The second kappa shape index (κ2) is 6.73. The highest BCUT2D eigenvalue weighted by Crippen LogP contribution is 2.20. The van der Waals surface area contributed by atoms with Crippen LogP contribution in [0.5, 0.6) is 0 Å². The lowest BCUT2D eigenvalue weighted by Crippen LogP contribution is -2.47. The monoisotopic (exact) mass is 298 g/mol. The van der Waals surface area contributed by atoms with E-state index in [1.807, 2.05) is 6.92 Å². The molecule has 108 valence electrons. The summed E-state index contributed by atoms with van der Waals surface area (Å²) in [6, 6.07) is -0.381. The van der Waals surface area contributed by atoms with Gasteiger partial charge in [0, 0.05) is 18.6 Å². The highest BCUT2D eigenvalue weighted by Gasteiger charge is 2.35. The highest BCUT2D eigenvalue weighted by molar-refractivity contribution is 7.91. The van der Waals surface area contributed by atoms with E-state index in [1.54, 1.807) is 18.7 Å². The van der Waals surface area contributed by atoms with E-state index in [0.29, 0.717) is 13.0 Å². The maximum Gasteiger partial charge on any atom is 0.227 e. The first-order valence-electron chi connectivity index (χ1n) is 6.05. The van der Waals surface area contributed by atoms with Gasteiger partial charge in [-0.3, -0.25) is 4.79 Å². The van der Waals surface area contributed by atoms with Crippen molar-refractivity contribution in [2.24, 2.45) is 11.7 Å². The largest absolute Gasteiger partial charge is 0.339 e. The Hall–Kier alpha value is -0.330. The fourth-order valence-electron chi connectivity index (χ4n) is 2.10. The number of amides is 1. The molecule has 1 saturated heterocycles. The molecule has 1 aliphatic rings. The molecule has 1 rings (SSSR count). The average molecular weight is 299 g/mol. The molecule has 0 aromatic rings. The molecule has 0 spiro atoms. The maximum absolute atomic E-state index is 12.2. The summed E-state index contributed by atoms with van der Waals surface area (Å²) in [6.07, 6.45) is 0.549. The minimum atomic E-state index is -2.96. The first kappa shape index (κ1) is 17.7. The Labute approximate surface area is 115 Å². The van der Waals surface area contributed by atoms with Gasteiger partial charge in [0.05, 0.1) is 17.4 Å². The Morgan fingerprint density at radius 2 is 2.00 bits per heavy atom. The van der Waals surface area contributed by atoms with Gasteiger partial charge in [-0.2, -0.15) is 0 Å². The first-order valence-corrected chi connectivity index (χ1v) is 7.87. The van der Waals surface area contributed by atoms with Crippen LogP contribution >= 0.6 is 12.4 Å². The highest BCUT2D eigenvalue weighted by atomic mass is 35.5. The topological polar surface area (TPSA) is 80.5 Å². The molecule has 0 radical (unpaired) electrons. The molecule has 18 heavy (non-hydrogen) atoms. The molecule has 7 heteroatoms. The third-order valence-electron chi connectivity index (χ3n) is 3.45. The fourth-order valence-corrected chi connectivity index (χ4v) is 3.83. The summed E-state index contributed by atoms with van der Waals surface area (Å²) in [5.74, 6) is -0.0189. The van der Waals surface area contributed by atoms with Gasteiger partial charge < -0.3 is 10.6 Å². The van der Waals surface area contributed by atoms with Crippen LogP contribution in [0.3, 0.4) is 0 Å². The summed E-state index contributed by atoms with van der Waals surface area (Å²) in [5, 5.41) is 0. The van der Waals surface area contributed by atoms with E-state index >= 15 is 0 Å². The van der Waals surface area contributed by atoms with Gasteiger partial charge in [-0.05, 0) is 20.3 Å². The van der Waals surface area contributed by atoms with Crippen LogP contribution in [-0.2, 0) is 14.6 Å². The predicted octanol–water partition coefficient (Wildman–Crippen LogP) is 0.427. The van der Waals surface area contributed by atoms with Crippen molar-refractivity contribution in [2.75, 3.05) is 18.1 Å². The molecule has 0 saturated carbocycles. The predicted molar refractivity (Wildman–Crippen MR) is 74.5 cm³/mol. The zero-order chi connectivity index (χ0) is 13.2. The lowest BCUT2D eigenvalue weighted by atomic mass is 10.0. The van der Waals surface area contributed by atoms with Crippen LogP contribution in [0.25, 0.3) is 0 Å². The Balaban J connectivity index is 0.00000289. The van der Waals surface area contributed by atoms with Gasteiger partial charge in [-0.1, -0.05) is 6.92 Å².